The van der Waals surface area contributed by atoms with Gasteiger partial charge in [-0.2, -0.15) is 5.26 Å². The molecule has 106 valence electrons. The Morgan fingerprint density at radius 3 is 3.00 bits per heavy atom. The van der Waals surface area contributed by atoms with Gasteiger partial charge in [-0.1, -0.05) is 18.9 Å². The van der Waals surface area contributed by atoms with Crippen molar-refractivity contribution in [3.8, 4) is 6.07 Å². The van der Waals surface area contributed by atoms with Gasteiger partial charge in [0, 0.05) is 24.7 Å². The molecule has 1 aromatic rings. The molecule has 0 unspecified atom stereocenters. The molecule has 0 radical (unpaired) electrons. The third kappa shape index (κ3) is 2.70. The zero-order valence-corrected chi connectivity index (χ0v) is 11.5. The quantitative estimate of drug-likeness (QED) is 0.832. The molecular weight excluding hydrogens is 255 g/mol. The van der Waals surface area contributed by atoms with E-state index in [-0.39, 0.29) is 5.82 Å². The van der Waals surface area contributed by atoms with Gasteiger partial charge in [-0.15, -0.1) is 0 Å². The van der Waals surface area contributed by atoms with Gasteiger partial charge in [0.25, 0.3) is 0 Å². The lowest BCUT2D eigenvalue weighted by atomic mass is 9.90. The molecule has 2 atom stereocenters. The van der Waals surface area contributed by atoms with Gasteiger partial charge < -0.3 is 4.74 Å². The second kappa shape index (κ2) is 5.90. The van der Waals surface area contributed by atoms with E-state index in [2.05, 4.69) is 4.90 Å². The molecule has 1 saturated carbocycles. The van der Waals surface area contributed by atoms with Crippen LogP contribution in [0.1, 0.15) is 36.8 Å². The first-order chi connectivity index (χ1) is 9.78. The van der Waals surface area contributed by atoms with Gasteiger partial charge >= 0.3 is 0 Å². The zero-order valence-electron chi connectivity index (χ0n) is 11.5. The molecule has 0 spiro atoms. The van der Waals surface area contributed by atoms with Gasteiger partial charge in [-0.25, -0.2) is 4.39 Å². The summed E-state index contributed by atoms with van der Waals surface area (Å²) in [7, 11) is 0. The van der Waals surface area contributed by atoms with E-state index in [4.69, 9.17) is 10.00 Å². The lowest BCUT2D eigenvalue weighted by Gasteiger charge is -2.43. The van der Waals surface area contributed by atoms with E-state index in [9.17, 15) is 4.39 Å². The van der Waals surface area contributed by atoms with Crippen LogP contribution < -0.4 is 0 Å². The molecule has 1 heterocycles. The van der Waals surface area contributed by atoms with Crippen molar-refractivity contribution in [2.75, 3.05) is 13.2 Å². The van der Waals surface area contributed by atoms with Crippen LogP contribution in [-0.2, 0) is 11.3 Å². The van der Waals surface area contributed by atoms with Crippen LogP contribution in [0.3, 0.4) is 0 Å². The summed E-state index contributed by atoms with van der Waals surface area (Å²) in [4.78, 5) is 2.35. The standard InChI is InChI=1S/C16H19FN2O/c17-14-9-12(10-18)5-6-13(14)11-19-7-8-20-16-4-2-1-3-15(16)19/h5-6,9,15-16H,1-4,7-8,11H2/t15-,16-/m0/s1. The topological polar surface area (TPSA) is 36.3 Å². The summed E-state index contributed by atoms with van der Waals surface area (Å²) in [6.45, 7) is 2.21. The van der Waals surface area contributed by atoms with Gasteiger partial charge in [0.2, 0.25) is 0 Å². The van der Waals surface area contributed by atoms with Crippen LogP contribution in [0.15, 0.2) is 18.2 Å². The number of nitrogens with zero attached hydrogens (tertiary/aromatic N) is 2. The van der Waals surface area contributed by atoms with Gasteiger partial charge in [-0.05, 0) is 25.0 Å². The van der Waals surface area contributed by atoms with Gasteiger partial charge in [0.05, 0.1) is 24.3 Å². The molecule has 2 fully saturated rings. The molecule has 20 heavy (non-hydrogen) atoms. The fourth-order valence-corrected chi connectivity index (χ4v) is 3.34. The highest BCUT2D eigenvalue weighted by atomic mass is 19.1. The highest BCUT2D eigenvalue weighted by molar-refractivity contribution is 5.32. The highest BCUT2D eigenvalue weighted by Gasteiger charge is 2.34. The Morgan fingerprint density at radius 1 is 1.35 bits per heavy atom. The number of morpholine rings is 1. The highest BCUT2D eigenvalue weighted by Crippen LogP contribution is 2.29. The minimum atomic E-state index is -0.275. The van der Waals surface area contributed by atoms with Crippen LogP contribution in [0.4, 0.5) is 4.39 Å². The van der Waals surface area contributed by atoms with E-state index in [1.165, 1.54) is 18.9 Å². The molecule has 1 aromatic carbocycles. The van der Waals surface area contributed by atoms with Crippen molar-refractivity contribution < 1.29 is 9.13 Å². The Hall–Kier alpha value is -1.44. The predicted octanol–water partition coefficient (Wildman–Crippen LogP) is 2.84. The summed E-state index contributed by atoms with van der Waals surface area (Å²) in [6.07, 6.45) is 5.05. The van der Waals surface area contributed by atoms with Crippen LogP contribution in [0.2, 0.25) is 0 Å². The number of nitriles is 1. The number of hydrogen-bond donors (Lipinski definition) is 0. The van der Waals surface area contributed by atoms with Crippen molar-refractivity contribution in [3.05, 3.63) is 35.1 Å². The first-order valence-corrected chi connectivity index (χ1v) is 7.32. The molecular formula is C16H19FN2O. The fraction of sp³-hybridized carbons (Fsp3) is 0.562. The van der Waals surface area contributed by atoms with Gasteiger partial charge in [-0.3, -0.25) is 4.90 Å². The van der Waals surface area contributed by atoms with Crippen molar-refractivity contribution in [3.63, 3.8) is 0 Å². The van der Waals surface area contributed by atoms with Crippen LogP contribution in [0, 0.1) is 17.1 Å². The molecule has 1 saturated heterocycles. The van der Waals surface area contributed by atoms with Crippen molar-refractivity contribution in [1.29, 1.82) is 5.26 Å². The second-order valence-corrected chi connectivity index (χ2v) is 5.65. The maximum absolute atomic E-state index is 14.0. The summed E-state index contributed by atoms with van der Waals surface area (Å²) in [6, 6.07) is 7.15. The molecule has 0 N–H and O–H groups in total. The first-order valence-electron chi connectivity index (χ1n) is 7.32. The monoisotopic (exact) mass is 274 g/mol. The molecule has 1 aliphatic heterocycles. The Balaban J connectivity index is 1.74. The van der Waals surface area contributed by atoms with Crippen LogP contribution in [0.5, 0.6) is 0 Å². The Kier molecular flexibility index (Phi) is 4.00. The molecule has 0 amide bonds. The lowest BCUT2D eigenvalue weighted by molar-refractivity contribution is -0.0913. The third-order valence-electron chi connectivity index (χ3n) is 4.40. The largest absolute Gasteiger partial charge is 0.375 e. The zero-order chi connectivity index (χ0) is 13.9. The molecule has 4 heteroatoms. The summed E-state index contributed by atoms with van der Waals surface area (Å²) < 4.78 is 19.8. The molecule has 3 rings (SSSR count). The van der Waals surface area contributed by atoms with E-state index in [0.29, 0.717) is 29.8 Å². The lowest BCUT2D eigenvalue weighted by Crippen LogP contribution is -2.52. The van der Waals surface area contributed by atoms with E-state index in [1.807, 2.05) is 6.07 Å². The average molecular weight is 274 g/mol. The van der Waals surface area contributed by atoms with Crippen molar-refractivity contribution in [2.45, 2.75) is 44.4 Å². The normalized spacial score (nSPS) is 26.8. The van der Waals surface area contributed by atoms with Crippen LogP contribution in [0.25, 0.3) is 0 Å². The number of benzene rings is 1. The van der Waals surface area contributed by atoms with Crippen molar-refractivity contribution in [1.82, 2.24) is 4.90 Å². The summed E-state index contributed by atoms with van der Waals surface area (Å²) in [5, 5.41) is 8.79. The number of fused-ring (bicyclic) bond motifs is 1. The Morgan fingerprint density at radius 2 is 2.20 bits per heavy atom. The second-order valence-electron chi connectivity index (χ2n) is 5.65. The summed E-state index contributed by atoms with van der Waals surface area (Å²) in [5.41, 5.74) is 1.05. The fourth-order valence-electron chi connectivity index (χ4n) is 3.34. The molecule has 0 aromatic heterocycles. The number of hydrogen-bond acceptors (Lipinski definition) is 3. The summed E-state index contributed by atoms with van der Waals surface area (Å²) in [5.74, 6) is -0.275. The third-order valence-corrected chi connectivity index (χ3v) is 4.40. The summed E-state index contributed by atoms with van der Waals surface area (Å²) >= 11 is 0. The number of ether oxygens (including phenoxy) is 1. The maximum Gasteiger partial charge on any atom is 0.129 e. The van der Waals surface area contributed by atoms with E-state index < -0.39 is 0 Å². The Bertz CT molecular complexity index is 524. The minimum absolute atomic E-state index is 0.275. The van der Waals surface area contributed by atoms with E-state index >= 15 is 0 Å². The minimum Gasteiger partial charge on any atom is -0.375 e. The predicted molar refractivity (Wildman–Crippen MR) is 73.5 cm³/mol. The average Bonchev–Trinajstić information content (AvgIpc) is 2.49. The number of halogens is 1. The first kappa shape index (κ1) is 13.5. The molecule has 1 aliphatic carbocycles. The van der Waals surface area contributed by atoms with Crippen LogP contribution in [-0.4, -0.2) is 30.2 Å². The Labute approximate surface area is 119 Å². The van der Waals surface area contributed by atoms with E-state index in [1.54, 1.807) is 12.1 Å². The van der Waals surface area contributed by atoms with Crippen LogP contribution >= 0.6 is 0 Å². The number of rotatable bonds is 2. The van der Waals surface area contributed by atoms with Gasteiger partial charge in [0.15, 0.2) is 0 Å². The maximum atomic E-state index is 14.0. The SMILES string of the molecule is N#Cc1ccc(CN2CCO[C@H]3CCCC[C@@H]32)c(F)c1. The smallest absolute Gasteiger partial charge is 0.129 e. The van der Waals surface area contributed by atoms with E-state index in [0.717, 1.165) is 26.0 Å². The van der Waals surface area contributed by atoms with Crippen molar-refractivity contribution >= 4 is 0 Å². The molecule has 3 nitrogen and oxygen atoms in total. The molecule has 0 bridgehead atoms. The van der Waals surface area contributed by atoms with Crippen molar-refractivity contribution in [2.24, 2.45) is 0 Å². The molecule has 2 aliphatic rings. The van der Waals surface area contributed by atoms with Gasteiger partial charge in [0.1, 0.15) is 5.82 Å².